The average Bonchev–Trinajstić information content (AvgIpc) is 2.66. The van der Waals surface area contributed by atoms with Gasteiger partial charge in [0.1, 0.15) is 0 Å². The van der Waals surface area contributed by atoms with E-state index in [1.807, 2.05) is 31.2 Å². The number of amides is 1. The molecule has 0 saturated carbocycles. The van der Waals surface area contributed by atoms with Gasteiger partial charge in [-0.1, -0.05) is 49.7 Å². The molecule has 0 heterocycles. The Balaban J connectivity index is 0.00000392. The molecule has 0 bridgehead atoms. The van der Waals surface area contributed by atoms with Crippen molar-refractivity contribution in [2.75, 3.05) is 13.6 Å². The quantitative estimate of drug-likeness (QED) is 0.648. The molecule has 7 heteroatoms. The molecule has 0 saturated heterocycles. The zero-order chi connectivity index (χ0) is 19.9. The van der Waals surface area contributed by atoms with Crippen LogP contribution in [0.1, 0.15) is 30.9 Å². The van der Waals surface area contributed by atoms with E-state index in [4.69, 9.17) is 0 Å². The first-order valence-electron chi connectivity index (χ1n) is 9.06. The maximum atomic E-state index is 12.6. The van der Waals surface area contributed by atoms with Gasteiger partial charge in [-0.05, 0) is 48.7 Å². The van der Waals surface area contributed by atoms with E-state index < -0.39 is 11.7 Å². The fourth-order valence-electron chi connectivity index (χ4n) is 2.86. The predicted octanol–water partition coefficient (Wildman–Crippen LogP) is 4.84. The number of carbonyl (C=O) groups excluding carboxylic acids is 1. The van der Waals surface area contributed by atoms with Crippen molar-refractivity contribution in [1.82, 2.24) is 10.6 Å². The van der Waals surface area contributed by atoms with Crippen LogP contribution >= 0.6 is 12.4 Å². The van der Waals surface area contributed by atoms with Crippen LogP contribution in [0.4, 0.5) is 13.2 Å². The van der Waals surface area contributed by atoms with Gasteiger partial charge in [0.15, 0.2) is 0 Å². The monoisotopic (exact) mass is 414 g/mol. The zero-order valence-electron chi connectivity index (χ0n) is 16.0. The Morgan fingerprint density at radius 1 is 1.00 bits per heavy atom. The molecule has 1 amide bonds. The molecule has 28 heavy (non-hydrogen) atoms. The van der Waals surface area contributed by atoms with E-state index in [-0.39, 0.29) is 24.4 Å². The van der Waals surface area contributed by atoms with Crippen LogP contribution in [0.15, 0.2) is 48.5 Å². The standard InChI is InChI=1S/C21H25F3N2O.ClH/c1-3-4-19(25-2)20(27)26-14-13-15-5-7-16(8-6-15)17-9-11-18(12-10-17)21(22,23)24;/h5-12,19,25H,3-4,13-14H2,1-2H3,(H,26,27);1H. The lowest BCUT2D eigenvalue weighted by Gasteiger charge is -2.15. The summed E-state index contributed by atoms with van der Waals surface area (Å²) in [5, 5.41) is 5.93. The molecule has 3 nitrogen and oxygen atoms in total. The third kappa shape index (κ3) is 6.84. The second kappa shape index (κ2) is 11.1. The first kappa shape index (κ1) is 24.0. The second-order valence-electron chi connectivity index (χ2n) is 6.44. The van der Waals surface area contributed by atoms with Gasteiger partial charge in [-0.3, -0.25) is 4.79 Å². The van der Waals surface area contributed by atoms with Gasteiger partial charge >= 0.3 is 6.18 Å². The molecule has 0 radical (unpaired) electrons. The van der Waals surface area contributed by atoms with Gasteiger partial charge < -0.3 is 10.6 Å². The minimum Gasteiger partial charge on any atom is -0.354 e. The lowest BCUT2D eigenvalue weighted by Crippen LogP contribution is -2.43. The number of rotatable bonds is 8. The van der Waals surface area contributed by atoms with Crippen molar-refractivity contribution in [3.05, 3.63) is 59.7 Å². The van der Waals surface area contributed by atoms with Crippen LogP contribution in [0.2, 0.25) is 0 Å². The molecular weight excluding hydrogens is 389 g/mol. The second-order valence-corrected chi connectivity index (χ2v) is 6.44. The van der Waals surface area contributed by atoms with Crippen LogP contribution in [0.5, 0.6) is 0 Å². The minimum atomic E-state index is -4.32. The Labute approximate surface area is 170 Å². The number of halogens is 4. The first-order valence-corrected chi connectivity index (χ1v) is 9.06. The van der Waals surface area contributed by atoms with Gasteiger partial charge in [0.2, 0.25) is 5.91 Å². The SMILES string of the molecule is CCCC(NC)C(=O)NCCc1ccc(-c2ccc(C(F)(F)F)cc2)cc1.Cl. The summed E-state index contributed by atoms with van der Waals surface area (Å²) < 4.78 is 37.9. The largest absolute Gasteiger partial charge is 0.416 e. The predicted molar refractivity (Wildman–Crippen MR) is 109 cm³/mol. The third-order valence-electron chi connectivity index (χ3n) is 4.45. The summed E-state index contributed by atoms with van der Waals surface area (Å²) in [7, 11) is 1.78. The van der Waals surface area contributed by atoms with Crippen molar-refractivity contribution in [2.45, 2.75) is 38.4 Å². The minimum absolute atomic E-state index is 0. The van der Waals surface area contributed by atoms with Crippen molar-refractivity contribution in [3.63, 3.8) is 0 Å². The van der Waals surface area contributed by atoms with Crippen molar-refractivity contribution in [3.8, 4) is 11.1 Å². The first-order chi connectivity index (χ1) is 12.8. The highest BCUT2D eigenvalue weighted by Gasteiger charge is 2.29. The Morgan fingerprint density at radius 2 is 1.54 bits per heavy atom. The lowest BCUT2D eigenvalue weighted by atomic mass is 10.0. The van der Waals surface area contributed by atoms with Crippen molar-refractivity contribution < 1.29 is 18.0 Å². The number of alkyl halides is 3. The van der Waals surface area contributed by atoms with E-state index >= 15 is 0 Å². The molecule has 154 valence electrons. The maximum absolute atomic E-state index is 12.6. The van der Waals surface area contributed by atoms with Gasteiger partial charge in [-0.25, -0.2) is 0 Å². The molecule has 1 unspecified atom stereocenters. The van der Waals surface area contributed by atoms with Crippen molar-refractivity contribution in [2.24, 2.45) is 0 Å². The maximum Gasteiger partial charge on any atom is 0.416 e. The van der Waals surface area contributed by atoms with E-state index in [0.29, 0.717) is 13.0 Å². The van der Waals surface area contributed by atoms with E-state index in [9.17, 15) is 18.0 Å². The molecule has 2 rings (SSSR count). The molecule has 0 fully saturated rings. The number of benzene rings is 2. The topological polar surface area (TPSA) is 41.1 Å². The highest BCUT2D eigenvalue weighted by Crippen LogP contribution is 2.31. The summed E-state index contributed by atoms with van der Waals surface area (Å²) in [5.41, 5.74) is 2.00. The summed E-state index contributed by atoms with van der Waals surface area (Å²) in [5.74, 6) is 0.000671. The highest BCUT2D eigenvalue weighted by molar-refractivity contribution is 5.85. The summed E-state index contributed by atoms with van der Waals surface area (Å²) in [6, 6.07) is 12.6. The van der Waals surface area contributed by atoms with Crippen LogP contribution in [0, 0.1) is 0 Å². The van der Waals surface area contributed by atoms with E-state index in [1.54, 1.807) is 7.05 Å². The van der Waals surface area contributed by atoms with Crippen LogP contribution in [0.3, 0.4) is 0 Å². The van der Waals surface area contributed by atoms with E-state index in [2.05, 4.69) is 10.6 Å². The Morgan fingerprint density at radius 3 is 2.00 bits per heavy atom. The molecule has 2 aromatic carbocycles. The number of nitrogens with one attached hydrogen (secondary N) is 2. The Bertz CT molecular complexity index is 731. The van der Waals surface area contributed by atoms with Crippen LogP contribution < -0.4 is 10.6 Å². The molecule has 1 atom stereocenters. The number of likely N-dealkylation sites (N-methyl/N-ethyl adjacent to an activating group) is 1. The van der Waals surface area contributed by atoms with Crippen molar-refractivity contribution >= 4 is 18.3 Å². The highest BCUT2D eigenvalue weighted by atomic mass is 35.5. The lowest BCUT2D eigenvalue weighted by molar-refractivity contribution is -0.137. The normalized spacial score (nSPS) is 12.2. The molecule has 0 aliphatic heterocycles. The molecule has 0 aliphatic rings. The van der Waals surface area contributed by atoms with Gasteiger partial charge in [-0.2, -0.15) is 13.2 Å². The summed E-state index contributed by atoms with van der Waals surface area (Å²) in [4.78, 5) is 12.0. The van der Waals surface area contributed by atoms with Gasteiger partial charge in [-0.15, -0.1) is 12.4 Å². The fourth-order valence-corrected chi connectivity index (χ4v) is 2.86. The van der Waals surface area contributed by atoms with E-state index in [1.165, 1.54) is 12.1 Å². The fraction of sp³-hybridized carbons (Fsp3) is 0.381. The number of hydrogen-bond donors (Lipinski definition) is 2. The zero-order valence-corrected chi connectivity index (χ0v) is 16.8. The molecule has 0 spiro atoms. The smallest absolute Gasteiger partial charge is 0.354 e. The molecule has 2 aromatic rings. The van der Waals surface area contributed by atoms with Crippen LogP contribution in [-0.2, 0) is 17.4 Å². The van der Waals surface area contributed by atoms with Gasteiger partial charge in [0.25, 0.3) is 0 Å². The number of hydrogen-bond acceptors (Lipinski definition) is 2. The molecular formula is C21H26ClF3N2O. The average molecular weight is 415 g/mol. The van der Waals surface area contributed by atoms with Crippen LogP contribution in [-0.4, -0.2) is 25.5 Å². The molecule has 2 N–H and O–H groups in total. The van der Waals surface area contributed by atoms with Crippen LogP contribution in [0.25, 0.3) is 11.1 Å². The number of carbonyl (C=O) groups is 1. The summed E-state index contributed by atoms with van der Waals surface area (Å²) in [6.07, 6.45) is -1.90. The Kier molecular flexibility index (Phi) is 9.49. The van der Waals surface area contributed by atoms with Gasteiger partial charge in [0.05, 0.1) is 11.6 Å². The third-order valence-corrected chi connectivity index (χ3v) is 4.45. The Hall–Kier alpha value is -2.05. The van der Waals surface area contributed by atoms with Crippen molar-refractivity contribution in [1.29, 1.82) is 0 Å². The van der Waals surface area contributed by atoms with Gasteiger partial charge in [0, 0.05) is 6.54 Å². The van der Waals surface area contributed by atoms with E-state index in [0.717, 1.165) is 41.7 Å². The summed E-state index contributed by atoms with van der Waals surface area (Å²) in [6.45, 7) is 2.58. The molecule has 0 aliphatic carbocycles. The summed E-state index contributed by atoms with van der Waals surface area (Å²) >= 11 is 0. The molecule has 0 aromatic heterocycles.